The molecule has 228 valence electrons. The molecule has 0 radical (unpaired) electrons. The van der Waals surface area contributed by atoms with Gasteiger partial charge in [0.1, 0.15) is 25.3 Å². The zero-order chi connectivity index (χ0) is 31.3. The topological polar surface area (TPSA) is 119 Å². The number of rotatable bonds is 7. The summed E-state index contributed by atoms with van der Waals surface area (Å²) in [4.78, 5) is 44.5. The van der Waals surface area contributed by atoms with Crippen molar-refractivity contribution in [2.75, 3.05) is 11.9 Å². The quantitative estimate of drug-likeness (QED) is 0.218. The number of nitrogens with one attached hydrogen (secondary N) is 1. The van der Waals surface area contributed by atoms with Crippen LogP contribution in [0.4, 0.5) is 23.4 Å². The number of hydrogen-bond acceptors (Lipinski definition) is 6. The number of hydrogen-bond donors (Lipinski definition) is 1. The number of Topliss-reactive ketones (excluding diaryl/α,β-unsaturated/α-hetero) is 1. The Morgan fingerprint density at radius 3 is 2.61 bits per heavy atom. The van der Waals surface area contributed by atoms with Gasteiger partial charge in [-0.1, -0.05) is 6.07 Å². The highest BCUT2D eigenvalue weighted by molar-refractivity contribution is 6.08. The second-order valence-electron chi connectivity index (χ2n) is 10.8. The summed E-state index contributed by atoms with van der Waals surface area (Å²) in [6.45, 7) is 1.34. The summed E-state index contributed by atoms with van der Waals surface area (Å²) in [7, 11) is 0. The molecule has 1 aliphatic heterocycles. The van der Waals surface area contributed by atoms with Crippen LogP contribution in [0, 0.1) is 6.92 Å². The van der Waals surface area contributed by atoms with Crippen molar-refractivity contribution in [2.45, 2.75) is 51.7 Å². The Balaban J connectivity index is 1.23. The lowest BCUT2D eigenvalue weighted by atomic mass is 10.0. The summed E-state index contributed by atoms with van der Waals surface area (Å²) >= 11 is 0. The zero-order valence-corrected chi connectivity index (χ0v) is 23.5. The van der Waals surface area contributed by atoms with E-state index >= 15 is 0 Å². The maximum absolute atomic E-state index is 14.5. The number of halogens is 4. The van der Waals surface area contributed by atoms with E-state index in [0.717, 1.165) is 27.9 Å². The minimum atomic E-state index is -4.50. The molecule has 5 aromatic rings. The number of aryl methyl sites for hydroxylation is 1. The minimum absolute atomic E-state index is 0.149. The highest BCUT2D eigenvalue weighted by atomic mass is 19.4. The predicted molar refractivity (Wildman–Crippen MR) is 151 cm³/mol. The molecule has 1 N–H and O–H groups in total. The van der Waals surface area contributed by atoms with E-state index in [1.807, 2.05) is 31.3 Å². The van der Waals surface area contributed by atoms with Gasteiger partial charge >= 0.3 is 6.18 Å². The summed E-state index contributed by atoms with van der Waals surface area (Å²) < 4.78 is 56.3. The minimum Gasteiger partial charge on any atom is -0.337 e. The molecule has 2 atom stereocenters. The molecule has 0 spiro atoms. The average Bonchev–Trinajstić information content (AvgIpc) is 3.72. The van der Waals surface area contributed by atoms with E-state index in [-0.39, 0.29) is 31.1 Å². The molecule has 1 saturated heterocycles. The van der Waals surface area contributed by atoms with Gasteiger partial charge in [-0.3, -0.25) is 19.1 Å². The Bertz CT molecular complexity index is 1920. The first-order valence-electron chi connectivity index (χ1n) is 13.7. The molecule has 2 amide bonds. The van der Waals surface area contributed by atoms with Crippen molar-refractivity contribution in [3.63, 3.8) is 0 Å². The fourth-order valence-corrected chi connectivity index (χ4v) is 5.49. The molecule has 0 aliphatic carbocycles. The van der Waals surface area contributed by atoms with Gasteiger partial charge in [0.05, 0.1) is 12.2 Å². The van der Waals surface area contributed by atoms with Gasteiger partial charge < -0.3 is 14.8 Å². The van der Waals surface area contributed by atoms with Crippen LogP contribution in [-0.2, 0) is 22.7 Å². The van der Waals surface area contributed by atoms with E-state index in [0.29, 0.717) is 26.8 Å². The van der Waals surface area contributed by atoms with Gasteiger partial charge in [0.25, 0.3) is 0 Å². The van der Waals surface area contributed by atoms with E-state index in [1.165, 1.54) is 13.0 Å². The van der Waals surface area contributed by atoms with Crippen LogP contribution in [-0.4, -0.2) is 76.4 Å². The van der Waals surface area contributed by atoms with Gasteiger partial charge in [-0.05, 0) is 31.5 Å². The average molecular weight is 611 g/mol. The number of carbonyl (C=O) groups is 3. The van der Waals surface area contributed by atoms with Crippen molar-refractivity contribution < 1.29 is 31.9 Å². The SMILES string of the molecule is CC(=O)c1cn(CC(=O)N2C[C@H](F)C[C@H]2C(=O)Nc2ccn(CC(F)(F)F)n2)c2ccc(-c3cnc4cc(C)nn4c3)cc12. The van der Waals surface area contributed by atoms with Crippen molar-refractivity contribution in [1.29, 1.82) is 0 Å². The fourth-order valence-electron chi connectivity index (χ4n) is 5.49. The molecule has 1 fully saturated rings. The second-order valence-corrected chi connectivity index (χ2v) is 10.8. The number of carbonyl (C=O) groups excluding carboxylic acids is 3. The number of aromatic nitrogens is 6. The summed E-state index contributed by atoms with van der Waals surface area (Å²) in [5.74, 6) is -1.70. The van der Waals surface area contributed by atoms with Crippen LogP contribution in [0.15, 0.2) is 55.1 Å². The van der Waals surface area contributed by atoms with Crippen LogP contribution in [0.3, 0.4) is 0 Å². The third-order valence-corrected chi connectivity index (χ3v) is 7.44. The molecule has 4 aromatic heterocycles. The van der Waals surface area contributed by atoms with Crippen LogP contribution in [0.1, 0.15) is 29.4 Å². The van der Waals surface area contributed by atoms with Crippen LogP contribution in [0.25, 0.3) is 27.7 Å². The lowest BCUT2D eigenvalue weighted by Crippen LogP contribution is -2.44. The van der Waals surface area contributed by atoms with Gasteiger partial charge in [-0.2, -0.15) is 23.4 Å². The number of fused-ring (bicyclic) bond motifs is 2. The van der Waals surface area contributed by atoms with Crippen LogP contribution < -0.4 is 5.32 Å². The maximum Gasteiger partial charge on any atom is 0.408 e. The van der Waals surface area contributed by atoms with Gasteiger partial charge in [0.2, 0.25) is 11.8 Å². The van der Waals surface area contributed by atoms with Crippen LogP contribution in [0.2, 0.25) is 0 Å². The largest absolute Gasteiger partial charge is 0.408 e. The monoisotopic (exact) mass is 610 g/mol. The molecule has 0 bridgehead atoms. The molecular formula is C29H26F4N8O3. The normalized spacial score (nSPS) is 17.1. The summed E-state index contributed by atoms with van der Waals surface area (Å²) in [6, 6.07) is 7.27. The van der Waals surface area contributed by atoms with Crippen molar-refractivity contribution >= 4 is 40.0 Å². The van der Waals surface area contributed by atoms with E-state index in [9.17, 15) is 31.9 Å². The number of benzene rings is 1. The van der Waals surface area contributed by atoms with Gasteiger partial charge in [-0.25, -0.2) is 13.9 Å². The van der Waals surface area contributed by atoms with E-state index in [1.54, 1.807) is 27.5 Å². The molecule has 0 saturated carbocycles. The lowest BCUT2D eigenvalue weighted by molar-refractivity contribution is -0.142. The summed E-state index contributed by atoms with van der Waals surface area (Å²) in [5, 5.41) is 11.1. The first kappa shape index (κ1) is 29.0. The van der Waals surface area contributed by atoms with Crippen LogP contribution >= 0.6 is 0 Å². The van der Waals surface area contributed by atoms with Crippen molar-refractivity contribution in [2.24, 2.45) is 0 Å². The highest BCUT2D eigenvalue weighted by Crippen LogP contribution is 2.30. The third kappa shape index (κ3) is 5.76. The van der Waals surface area contributed by atoms with Crippen LogP contribution in [0.5, 0.6) is 0 Å². The lowest BCUT2D eigenvalue weighted by Gasteiger charge is -2.23. The number of alkyl halides is 4. The molecule has 6 rings (SSSR count). The molecule has 1 aromatic carbocycles. The van der Waals surface area contributed by atoms with Crippen molar-refractivity contribution in [1.82, 2.24) is 33.8 Å². The van der Waals surface area contributed by atoms with E-state index in [4.69, 9.17) is 0 Å². The van der Waals surface area contributed by atoms with Gasteiger partial charge in [0.15, 0.2) is 17.2 Å². The van der Waals surface area contributed by atoms with Gasteiger partial charge in [-0.15, -0.1) is 0 Å². The highest BCUT2D eigenvalue weighted by Gasteiger charge is 2.40. The Morgan fingerprint density at radius 2 is 1.86 bits per heavy atom. The first-order chi connectivity index (χ1) is 20.8. The van der Waals surface area contributed by atoms with Crippen molar-refractivity contribution in [3.8, 4) is 11.1 Å². The van der Waals surface area contributed by atoms with Crippen molar-refractivity contribution in [3.05, 3.63) is 66.4 Å². The Hall–Kier alpha value is -5.08. The third-order valence-electron chi connectivity index (χ3n) is 7.44. The van der Waals surface area contributed by atoms with E-state index in [2.05, 4.69) is 20.5 Å². The number of anilines is 1. The zero-order valence-electron chi connectivity index (χ0n) is 23.5. The molecule has 1 aliphatic rings. The smallest absolute Gasteiger partial charge is 0.337 e. The molecule has 11 nitrogen and oxygen atoms in total. The fraction of sp³-hybridized carbons (Fsp3) is 0.310. The molecule has 5 heterocycles. The molecule has 0 unspecified atom stereocenters. The summed E-state index contributed by atoms with van der Waals surface area (Å²) in [6.07, 6.45) is -0.0993. The van der Waals surface area contributed by atoms with Gasteiger partial charge in [0, 0.05) is 65.4 Å². The first-order valence-corrected chi connectivity index (χ1v) is 13.7. The Labute approximate surface area is 247 Å². The Kier molecular flexibility index (Phi) is 7.18. The number of ketones is 1. The molecular weight excluding hydrogens is 584 g/mol. The predicted octanol–water partition coefficient (Wildman–Crippen LogP) is 4.20. The standard InChI is InChI=1S/C29H26F4N8O3/c1-16-7-26-34-10-19(11-41(26)36-16)18-3-4-23-21(8-18)22(17(2)42)13-38(23)14-27(43)40-12-20(30)9-24(40)28(44)35-25-5-6-39(37-25)15-29(31,32)33/h3-8,10-11,13,20,24H,9,12,14-15H2,1-2H3,(H,35,37,44)/t20-,24+/m1/s1. The molecule has 15 heteroatoms. The number of nitrogens with zero attached hydrogens (tertiary/aromatic N) is 7. The number of likely N-dealkylation sites (tertiary alicyclic amines) is 1. The summed E-state index contributed by atoms with van der Waals surface area (Å²) in [5.41, 5.74) is 4.03. The number of amides is 2. The molecule has 44 heavy (non-hydrogen) atoms. The Morgan fingerprint density at radius 1 is 1.07 bits per heavy atom. The van der Waals surface area contributed by atoms with E-state index < -0.39 is 36.7 Å². The maximum atomic E-state index is 14.5. The second kappa shape index (κ2) is 10.9.